The van der Waals surface area contributed by atoms with E-state index in [4.69, 9.17) is 21.4 Å². The van der Waals surface area contributed by atoms with Gasteiger partial charge < -0.3 is 25.4 Å². The summed E-state index contributed by atoms with van der Waals surface area (Å²) in [6.07, 6.45) is -4.39. The van der Waals surface area contributed by atoms with E-state index >= 15 is 0 Å². The van der Waals surface area contributed by atoms with E-state index in [2.05, 4.69) is 5.32 Å². The molecule has 1 fully saturated rings. The number of halogens is 1. The zero-order valence-corrected chi connectivity index (χ0v) is 10.9. The Morgan fingerprint density at radius 1 is 1.40 bits per heavy atom. The minimum atomic E-state index is -1.26. The Bertz CT molecular complexity index is 514. The average molecular weight is 305 g/mol. The number of anilines is 1. The molecule has 1 aliphatic rings. The number of aliphatic hydroxyl groups is 3. The number of rotatable bonds is 4. The van der Waals surface area contributed by atoms with Crippen LogP contribution in [-0.2, 0) is 4.74 Å². The Labute approximate surface area is 118 Å². The van der Waals surface area contributed by atoms with Crippen molar-refractivity contribution in [3.8, 4) is 0 Å². The summed E-state index contributed by atoms with van der Waals surface area (Å²) in [7, 11) is 0. The van der Waals surface area contributed by atoms with Gasteiger partial charge in [-0.2, -0.15) is 0 Å². The predicted octanol–water partition coefficient (Wildman–Crippen LogP) is 0.0991. The highest BCUT2D eigenvalue weighted by Crippen LogP contribution is 2.29. The molecule has 0 radical (unpaired) electrons. The highest BCUT2D eigenvalue weighted by Gasteiger charge is 2.42. The molecule has 0 amide bonds. The summed E-state index contributed by atoms with van der Waals surface area (Å²) in [5.41, 5.74) is 0.0133. The molecule has 9 heteroatoms. The van der Waals surface area contributed by atoms with Crippen molar-refractivity contribution < 1.29 is 25.0 Å². The van der Waals surface area contributed by atoms with Crippen LogP contribution in [0.25, 0.3) is 0 Å². The fourth-order valence-corrected chi connectivity index (χ4v) is 2.11. The lowest BCUT2D eigenvalue weighted by Crippen LogP contribution is -2.36. The number of nitrogens with zero attached hydrogens (tertiary/aromatic N) is 1. The van der Waals surface area contributed by atoms with E-state index in [0.29, 0.717) is 5.69 Å². The Morgan fingerprint density at radius 2 is 2.10 bits per heavy atom. The zero-order valence-electron chi connectivity index (χ0n) is 10.1. The molecule has 110 valence electrons. The van der Waals surface area contributed by atoms with Gasteiger partial charge in [0.1, 0.15) is 23.3 Å². The first-order valence-corrected chi connectivity index (χ1v) is 6.14. The van der Waals surface area contributed by atoms with E-state index in [-0.39, 0.29) is 10.7 Å². The van der Waals surface area contributed by atoms with Gasteiger partial charge >= 0.3 is 0 Å². The maximum absolute atomic E-state index is 10.8. The number of aliphatic hydroxyl groups excluding tert-OH is 3. The SMILES string of the molecule is O=[N+]([O-])c1cc(N[C@@H]2O[C@@H](CO)[C@@H](O)[C@@H]2O)ccc1Cl. The second-order valence-electron chi connectivity index (χ2n) is 4.33. The van der Waals surface area contributed by atoms with Crippen LogP contribution in [0.4, 0.5) is 11.4 Å². The van der Waals surface area contributed by atoms with Gasteiger partial charge in [-0.3, -0.25) is 10.1 Å². The van der Waals surface area contributed by atoms with Gasteiger partial charge in [0.05, 0.1) is 11.5 Å². The number of hydrogen-bond donors (Lipinski definition) is 4. The smallest absolute Gasteiger partial charge is 0.289 e. The standard InChI is InChI=1S/C11H13ClN2O6/c12-6-2-1-5(3-7(6)14(18)19)13-11-10(17)9(16)8(4-15)20-11/h1-3,8-11,13,15-17H,4H2/t8-,9+,10-,11+/m0/s1. The molecular weight excluding hydrogens is 292 g/mol. The van der Waals surface area contributed by atoms with E-state index in [1.807, 2.05) is 0 Å². The molecule has 8 nitrogen and oxygen atoms in total. The summed E-state index contributed by atoms with van der Waals surface area (Å²) in [5, 5.41) is 41.7. The highest BCUT2D eigenvalue weighted by atomic mass is 35.5. The topological polar surface area (TPSA) is 125 Å². The molecule has 1 aromatic rings. The van der Waals surface area contributed by atoms with Crippen LogP contribution in [0, 0.1) is 10.1 Å². The number of nitrogens with one attached hydrogen (secondary N) is 1. The Kier molecular flexibility index (Phi) is 4.41. The second kappa shape index (κ2) is 5.90. The van der Waals surface area contributed by atoms with Crippen LogP contribution in [0.15, 0.2) is 18.2 Å². The molecule has 0 saturated carbocycles. The summed E-state index contributed by atoms with van der Waals surface area (Å²) in [5.74, 6) is 0. The van der Waals surface area contributed by atoms with Gasteiger partial charge in [0, 0.05) is 11.8 Å². The lowest BCUT2D eigenvalue weighted by molar-refractivity contribution is -0.384. The first-order valence-electron chi connectivity index (χ1n) is 5.77. The van der Waals surface area contributed by atoms with Crippen LogP contribution < -0.4 is 5.32 Å². The molecule has 1 aromatic carbocycles. The van der Waals surface area contributed by atoms with Crippen molar-refractivity contribution in [2.24, 2.45) is 0 Å². The Hall–Kier alpha value is -1.45. The quantitative estimate of drug-likeness (QED) is 0.459. The van der Waals surface area contributed by atoms with Gasteiger partial charge in [-0.25, -0.2) is 0 Å². The van der Waals surface area contributed by atoms with Crippen molar-refractivity contribution in [3.05, 3.63) is 33.3 Å². The third-order valence-electron chi connectivity index (χ3n) is 2.99. The lowest BCUT2D eigenvalue weighted by atomic mass is 10.1. The minimum Gasteiger partial charge on any atom is -0.394 e. The number of hydrogen-bond acceptors (Lipinski definition) is 7. The number of benzene rings is 1. The van der Waals surface area contributed by atoms with Crippen LogP contribution in [0.2, 0.25) is 5.02 Å². The third kappa shape index (κ3) is 2.84. The molecule has 1 heterocycles. The van der Waals surface area contributed by atoms with Gasteiger partial charge in [0.2, 0.25) is 0 Å². The van der Waals surface area contributed by atoms with Crippen LogP contribution in [0.1, 0.15) is 0 Å². The Balaban J connectivity index is 2.15. The molecule has 1 saturated heterocycles. The van der Waals surface area contributed by atoms with Gasteiger partial charge in [0.15, 0.2) is 6.23 Å². The van der Waals surface area contributed by atoms with E-state index in [0.717, 1.165) is 0 Å². The summed E-state index contributed by atoms with van der Waals surface area (Å²) in [4.78, 5) is 10.1. The zero-order chi connectivity index (χ0) is 14.9. The molecule has 4 N–H and O–H groups in total. The van der Waals surface area contributed by atoms with Crippen molar-refractivity contribution in [1.29, 1.82) is 0 Å². The summed E-state index contributed by atoms with van der Waals surface area (Å²) in [6, 6.07) is 4.00. The van der Waals surface area contributed by atoms with E-state index < -0.39 is 36.1 Å². The molecule has 20 heavy (non-hydrogen) atoms. The fourth-order valence-electron chi connectivity index (χ4n) is 1.93. The minimum absolute atomic E-state index is 0.0123. The van der Waals surface area contributed by atoms with Crippen LogP contribution in [-0.4, -0.2) is 51.4 Å². The Morgan fingerprint density at radius 3 is 2.65 bits per heavy atom. The molecule has 0 aromatic heterocycles. The highest BCUT2D eigenvalue weighted by molar-refractivity contribution is 6.32. The maximum Gasteiger partial charge on any atom is 0.289 e. The number of nitro groups is 1. The van der Waals surface area contributed by atoms with Crippen molar-refractivity contribution in [1.82, 2.24) is 0 Å². The monoisotopic (exact) mass is 304 g/mol. The van der Waals surface area contributed by atoms with Crippen molar-refractivity contribution in [2.45, 2.75) is 24.5 Å². The van der Waals surface area contributed by atoms with Crippen LogP contribution in [0.5, 0.6) is 0 Å². The maximum atomic E-state index is 10.8. The van der Waals surface area contributed by atoms with Gasteiger partial charge in [0.25, 0.3) is 5.69 Å². The van der Waals surface area contributed by atoms with Crippen LogP contribution >= 0.6 is 11.6 Å². The molecule has 0 unspecified atom stereocenters. The fraction of sp³-hybridized carbons (Fsp3) is 0.455. The van der Waals surface area contributed by atoms with E-state index in [9.17, 15) is 20.3 Å². The van der Waals surface area contributed by atoms with Crippen molar-refractivity contribution in [2.75, 3.05) is 11.9 Å². The first-order chi connectivity index (χ1) is 9.43. The van der Waals surface area contributed by atoms with Gasteiger partial charge in [-0.1, -0.05) is 11.6 Å². The summed E-state index contributed by atoms with van der Waals surface area (Å²) >= 11 is 5.68. The summed E-state index contributed by atoms with van der Waals surface area (Å²) in [6.45, 7) is -0.447. The number of nitro benzene ring substituents is 1. The van der Waals surface area contributed by atoms with Gasteiger partial charge in [-0.15, -0.1) is 0 Å². The number of ether oxygens (including phenoxy) is 1. The predicted molar refractivity (Wildman–Crippen MR) is 69.5 cm³/mol. The normalized spacial score (nSPS) is 29.4. The second-order valence-corrected chi connectivity index (χ2v) is 4.73. The van der Waals surface area contributed by atoms with E-state index in [1.165, 1.54) is 18.2 Å². The third-order valence-corrected chi connectivity index (χ3v) is 3.31. The molecule has 2 rings (SSSR count). The van der Waals surface area contributed by atoms with Gasteiger partial charge in [-0.05, 0) is 12.1 Å². The van der Waals surface area contributed by atoms with Crippen LogP contribution in [0.3, 0.4) is 0 Å². The lowest BCUT2D eigenvalue weighted by Gasteiger charge is -2.17. The molecule has 4 atom stereocenters. The van der Waals surface area contributed by atoms with E-state index in [1.54, 1.807) is 0 Å². The molecule has 1 aliphatic heterocycles. The molecular formula is C11H13ClN2O6. The molecule has 0 bridgehead atoms. The first kappa shape index (κ1) is 14.9. The molecule has 0 spiro atoms. The van der Waals surface area contributed by atoms with Crippen molar-refractivity contribution in [3.63, 3.8) is 0 Å². The molecule has 0 aliphatic carbocycles. The average Bonchev–Trinajstić information content (AvgIpc) is 2.68. The summed E-state index contributed by atoms with van der Waals surface area (Å²) < 4.78 is 5.21. The largest absolute Gasteiger partial charge is 0.394 e. The van der Waals surface area contributed by atoms with Crippen molar-refractivity contribution >= 4 is 23.0 Å².